The summed E-state index contributed by atoms with van der Waals surface area (Å²) in [6, 6.07) is 9.39. The van der Waals surface area contributed by atoms with Crippen LogP contribution in [0.3, 0.4) is 0 Å². The summed E-state index contributed by atoms with van der Waals surface area (Å²) in [6.45, 7) is 9.78. The Labute approximate surface area is 242 Å². The largest absolute Gasteiger partial charge is 0.507 e. The van der Waals surface area contributed by atoms with Crippen LogP contribution >= 0.6 is 11.3 Å². The van der Waals surface area contributed by atoms with E-state index in [2.05, 4.69) is 4.98 Å². The van der Waals surface area contributed by atoms with Crippen molar-refractivity contribution in [3.63, 3.8) is 0 Å². The van der Waals surface area contributed by atoms with Crippen LogP contribution in [0.15, 0.2) is 42.0 Å². The van der Waals surface area contributed by atoms with Gasteiger partial charge in [-0.05, 0) is 68.7 Å². The lowest BCUT2D eigenvalue weighted by Crippen LogP contribution is -2.29. The molecule has 0 aliphatic carbocycles. The molecule has 1 N–H and O–H groups in total. The van der Waals surface area contributed by atoms with Gasteiger partial charge in [0.25, 0.3) is 5.78 Å². The number of aliphatic hydroxyl groups is 1. The van der Waals surface area contributed by atoms with Crippen molar-refractivity contribution in [1.29, 1.82) is 0 Å². The van der Waals surface area contributed by atoms with Crippen molar-refractivity contribution in [1.82, 2.24) is 4.98 Å². The predicted molar refractivity (Wildman–Crippen MR) is 155 cm³/mol. The molecule has 41 heavy (non-hydrogen) atoms. The Morgan fingerprint density at radius 2 is 1.93 bits per heavy atom. The minimum atomic E-state index is -1.02. The fourth-order valence-corrected chi connectivity index (χ4v) is 6.17. The average Bonchev–Trinajstić information content (AvgIpc) is 3.59. The van der Waals surface area contributed by atoms with E-state index in [9.17, 15) is 19.5 Å². The van der Waals surface area contributed by atoms with Crippen molar-refractivity contribution in [2.24, 2.45) is 0 Å². The zero-order chi connectivity index (χ0) is 29.4. The maximum absolute atomic E-state index is 13.6. The van der Waals surface area contributed by atoms with E-state index in [1.807, 2.05) is 20.8 Å². The first-order valence-corrected chi connectivity index (χ1v) is 14.4. The van der Waals surface area contributed by atoms with Gasteiger partial charge < -0.3 is 19.3 Å². The number of Topliss-reactive ketones (excluding diaryl/α,β-unsaturated/α-hetero) is 2. The van der Waals surface area contributed by atoms with Gasteiger partial charge in [0.05, 0.1) is 35.4 Å². The van der Waals surface area contributed by atoms with E-state index in [1.54, 1.807) is 43.3 Å². The molecule has 214 valence electrons. The molecule has 9 nitrogen and oxygen atoms in total. The maximum atomic E-state index is 13.6. The highest BCUT2D eigenvalue weighted by molar-refractivity contribution is 7.18. The van der Waals surface area contributed by atoms with Gasteiger partial charge in [0.2, 0.25) is 0 Å². The van der Waals surface area contributed by atoms with Crippen LogP contribution in [0.4, 0.5) is 5.13 Å². The number of hydrogen-bond acceptors (Lipinski definition) is 9. The molecule has 0 spiro atoms. The molecule has 2 aliphatic rings. The summed E-state index contributed by atoms with van der Waals surface area (Å²) in [5, 5.41) is 11.8. The molecule has 3 aromatic rings. The summed E-state index contributed by atoms with van der Waals surface area (Å²) in [6.07, 6.45) is 1.47. The molecular weight excluding hydrogens is 544 g/mol. The minimum Gasteiger partial charge on any atom is -0.507 e. The summed E-state index contributed by atoms with van der Waals surface area (Å²) < 4.78 is 17.5. The van der Waals surface area contributed by atoms with Gasteiger partial charge in [-0.1, -0.05) is 24.3 Å². The number of amides is 1. The van der Waals surface area contributed by atoms with E-state index in [1.165, 1.54) is 11.8 Å². The van der Waals surface area contributed by atoms with E-state index < -0.39 is 17.7 Å². The van der Waals surface area contributed by atoms with Crippen molar-refractivity contribution in [2.75, 3.05) is 18.1 Å². The monoisotopic (exact) mass is 576 g/mol. The van der Waals surface area contributed by atoms with E-state index in [-0.39, 0.29) is 28.4 Å². The quantitative estimate of drug-likeness (QED) is 0.147. The summed E-state index contributed by atoms with van der Waals surface area (Å²) in [5.41, 5.74) is 2.21. The molecule has 2 aromatic carbocycles. The van der Waals surface area contributed by atoms with Crippen molar-refractivity contribution < 1.29 is 33.7 Å². The molecule has 0 unspecified atom stereocenters. The number of ketones is 2. The Morgan fingerprint density at radius 3 is 2.61 bits per heavy atom. The number of ether oxygens (including phenoxy) is 3. The molecule has 10 heteroatoms. The molecule has 1 saturated heterocycles. The zero-order valence-electron chi connectivity index (χ0n) is 23.6. The summed E-state index contributed by atoms with van der Waals surface area (Å²) in [5.74, 6) is -0.474. The van der Waals surface area contributed by atoms with Gasteiger partial charge in [0.1, 0.15) is 17.6 Å². The van der Waals surface area contributed by atoms with Gasteiger partial charge in [-0.15, -0.1) is 0 Å². The van der Waals surface area contributed by atoms with Gasteiger partial charge in [-0.3, -0.25) is 19.3 Å². The number of aryl methyl sites for hydroxylation is 1. The lowest BCUT2D eigenvalue weighted by molar-refractivity contribution is -0.132. The first-order valence-electron chi connectivity index (χ1n) is 13.6. The number of aliphatic hydroxyl groups excluding tert-OH is 1. The molecule has 1 amide bonds. The molecule has 0 bridgehead atoms. The molecular formula is C31H32N2O7S. The number of fused-ring (bicyclic) bond motifs is 1. The van der Waals surface area contributed by atoms with Crippen molar-refractivity contribution >= 4 is 39.7 Å². The Morgan fingerprint density at radius 1 is 1.15 bits per heavy atom. The first kappa shape index (κ1) is 28.4. The number of carbonyl (C=O) groups excluding carboxylic acids is 3. The van der Waals surface area contributed by atoms with Crippen LogP contribution in [0.25, 0.3) is 5.76 Å². The molecule has 5 rings (SSSR count). The molecule has 3 heterocycles. The Hall–Kier alpha value is -4.18. The third-order valence-corrected chi connectivity index (χ3v) is 8.23. The van der Waals surface area contributed by atoms with Crippen LogP contribution in [0, 0.1) is 6.92 Å². The number of rotatable bonds is 9. The Bertz CT molecular complexity index is 1570. The molecule has 2 atom stereocenters. The number of aromatic nitrogens is 1. The van der Waals surface area contributed by atoms with Crippen LogP contribution in [0.1, 0.15) is 72.2 Å². The fraction of sp³-hybridized carbons (Fsp3) is 0.355. The normalized spacial score (nSPS) is 19.3. The van der Waals surface area contributed by atoms with Crippen molar-refractivity contribution in [2.45, 2.75) is 59.6 Å². The smallest absolute Gasteiger partial charge is 0.301 e. The first-order chi connectivity index (χ1) is 19.6. The van der Waals surface area contributed by atoms with Crippen LogP contribution in [0.2, 0.25) is 0 Å². The lowest BCUT2D eigenvalue weighted by atomic mass is 9.94. The number of anilines is 1. The van der Waals surface area contributed by atoms with Gasteiger partial charge in [0.15, 0.2) is 22.4 Å². The second-order valence-electron chi connectivity index (χ2n) is 10.1. The molecule has 1 aromatic heterocycles. The highest BCUT2D eigenvalue weighted by Crippen LogP contribution is 2.46. The SMILES string of the molecule is CCCOc1ccc([C@H]2/C(=C(\O)c3ccc4c(c3)C[C@H](C)O4)C(=O)C(=O)N2c2nc(C)c(C(C)=O)s2)cc1OCC. The summed E-state index contributed by atoms with van der Waals surface area (Å²) in [7, 11) is 0. The molecule has 1 fully saturated rings. The second kappa shape index (κ2) is 11.4. The second-order valence-corrected chi connectivity index (χ2v) is 11.1. The predicted octanol–water partition coefficient (Wildman–Crippen LogP) is 5.79. The Kier molecular flexibility index (Phi) is 7.86. The minimum absolute atomic E-state index is 0.00187. The molecule has 2 aliphatic heterocycles. The summed E-state index contributed by atoms with van der Waals surface area (Å²) >= 11 is 1.04. The van der Waals surface area contributed by atoms with E-state index in [0.29, 0.717) is 52.8 Å². The van der Waals surface area contributed by atoms with Crippen LogP contribution in [0.5, 0.6) is 17.2 Å². The van der Waals surface area contributed by atoms with Crippen LogP contribution in [-0.4, -0.2) is 46.9 Å². The number of nitrogens with zero attached hydrogens (tertiary/aromatic N) is 2. The fourth-order valence-electron chi connectivity index (χ4n) is 5.18. The highest BCUT2D eigenvalue weighted by Gasteiger charge is 2.48. The van der Waals surface area contributed by atoms with Crippen LogP contribution in [-0.2, 0) is 16.0 Å². The third kappa shape index (κ3) is 5.19. The maximum Gasteiger partial charge on any atom is 0.301 e. The number of carbonyl (C=O) groups is 3. The van der Waals surface area contributed by atoms with E-state index in [0.717, 1.165) is 29.1 Å². The van der Waals surface area contributed by atoms with Gasteiger partial charge in [0, 0.05) is 18.9 Å². The lowest BCUT2D eigenvalue weighted by Gasteiger charge is -2.24. The van der Waals surface area contributed by atoms with Gasteiger partial charge in [-0.25, -0.2) is 4.98 Å². The summed E-state index contributed by atoms with van der Waals surface area (Å²) in [4.78, 5) is 45.6. The van der Waals surface area contributed by atoms with Gasteiger partial charge >= 0.3 is 5.91 Å². The molecule has 0 saturated carbocycles. The van der Waals surface area contributed by atoms with Crippen molar-refractivity contribution in [3.8, 4) is 17.2 Å². The van der Waals surface area contributed by atoms with Gasteiger partial charge in [-0.2, -0.15) is 0 Å². The molecule has 0 radical (unpaired) electrons. The van der Waals surface area contributed by atoms with E-state index >= 15 is 0 Å². The number of benzene rings is 2. The number of thiazole rings is 1. The van der Waals surface area contributed by atoms with Crippen molar-refractivity contribution in [3.05, 3.63) is 69.2 Å². The highest BCUT2D eigenvalue weighted by atomic mass is 32.1. The number of hydrogen-bond donors (Lipinski definition) is 1. The topological polar surface area (TPSA) is 115 Å². The van der Waals surface area contributed by atoms with Crippen LogP contribution < -0.4 is 19.1 Å². The Balaban J connectivity index is 1.70. The van der Waals surface area contributed by atoms with E-state index in [4.69, 9.17) is 14.2 Å². The third-order valence-electron chi connectivity index (χ3n) is 6.97. The zero-order valence-corrected chi connectivity index (χ0v) is 24.5. The average molecular weight is 577 g/mol. The standard InChI is InChI=1S/C31H32N2O7S/c1-6-12-39-23-11-8-19(15-24(23)38-7-2)26-25(27(35)20-9-10-22-21(14-20)13-16(3)40-22)28(36)30(37)33(26)31-32-17(4)29(41-31)18(5)34/h8-11,14-16,26,35H,6-7,12-13H2,1-5H3/b27-25+/t16-,26-/m0/s1.